The van der Waals surface area contributed by atoms with Crippen LogP contribution in [0.4, 0.5) is 0 Å². The minimum atomic E-state index is -0.418. The summed E-state index contributed by atoms with van der Waals surface area (Å²) in [6, 6.07) is 17.6. The van der Waals surface area contributed by atoms with Crippen molar-refractivity contribution < 1.29 is 14.3 Å². The molecule has 4 unspecified atom stereocenters. The number of phenolic OH excluding ortho intramolecular Hbond substituents is 1. The van der Waals surface area contributed by atoms with Crippen LogP contribution in [0.5, 0.6) is 5.75 Å². The first kappa shape index (κ1) is 18.2. The number of hydrogen-bond donors (Lipinski definition) is 3. The van der Waals surface area contributed by atoms with E-state index in [0.717, 1.165) is 16.9 Å². The highest BCUT2D eigenvalue weighted by Gasteiger charge is 2.55. The standard InChI is InChI=1S/C22H20ClN3O3/c23-14-6-3-5-13(11-14)21-18-19(16-8-1-2-9-17(16)27)24-25-20(18)22(28)26(21)12-15-7-4-10-29-15/h1-11,18-21,24-25,27H,12H2. The molecule has 3 aromatic rings. The highest BCUT2D eigenvalue weighted by Crippen LogP contribution is 2.49. The van der Waals surface area contributed by atoms with E-state index in [0.29, 0.717) is 11.6 Å². The van der Waals surface area contributed by atoms with Gasteiger partial charge in [-0.25, -0.2) is 10.9 Å². The third-order valence-corrected chi connectivity index (χ3v) is 6.02. The number of furan rings is 1. The van der Waals surface area contributed by atoms with E-state index in [1.165, 1.54) is 0 Å². The number of carbonyl (C=O) groups is 1. The second-order valence-corrected chi connectivity index (χ2v) is 7.86. The maximum absolute atomic E-state index is 13.3. The third kappa shape index (κ3) is 3.09. The summed E-state index contributed by atoms with van der Waals surface area (Å²) in [7, 11) is 0. The molecule has 3 N–H and O–H groups in total. The molecule has 2 aliphatic rings. The van der Waals surface area contributed by atoms with Crippen LogP contribution in [0.15, 0.2) is 71.3 Å². The van der Waals surface area contributed by atoms with Crippen molar-refractivity contribution in [3.8, 4) is 5.75 Å². The molecule has 2 aromatic carbocycles. The van der Waals surface area contributed by atoms with Crippen molar-refractivity contribution in [2.75, 3.05) is 0 Å². The van der Waals surface area contributed by atoms with E-state index in [9.17, 15) is 9.90 Å². The number of carbonyl (C=O) groups excluding carboxylic acids is 1. The van der Waals surface area contributed by atoms with Gasteiger partial charge >= 0.3 is 0 Å². The quantitative estimate of drug-likeness (QED) is 0.614. The average Bonchev–Trinajstić information content (AvgIpc) is 3.42. The van der Waals surface area contributed by atoms with Crippen LogP contribution in [0.25, 0.3) is 0 Å². The lowest BCUT2D eigenvalue weighted by molar-refractivity contribution is -0.131. The molecule has 148 valence electrons. The molecule has 0 saturated carbocycles. The Hall–Kier alpha value is -2.80. The van der Waals surface area contributed by atoms with Gasteiger partial charge in [-0.3, -0.25) is 4.79 Å². The molecule has 5 rings (SSSR count). The van der Waals surface area contributed by atoms with Crippen molar-refractivity contribution >= 4 is 17.5 Å². The highest BCUT2D eigenvalue weighted by molar-refractivity contribution is 6.30. The molecule has 3 heterocycles. The van der Waals surface area contributed by atoms with Crippen LogP contribution in [0, 0.1) is 5.92 Å². The van der Waals surface area contributed by atoms with Crippen molar-refractivity contribution in [1.29, 1.82) is 0 Å². The van der Waals surface area contributed by atoms with Crippen molar-refractivity contribution in [2.24, 2.45) is 5.92 Å². The van der Waals surface area contributed by atoms with Gasteiger partial charge in [-0.05, 0) is 35.9 Å². The number of rotatable bonds is 4. The van der Waals surface area contributed by atoms with Crippen LogP contribution in [0.3, 0.4) is 0 Å². The zero-order valence-corrected chi connectivity index (χ0v) is 16.2. The Labute approximate surface area is 173 Å². The molecule has 1 amide bonds. The van der Waals surface area contributed by atoms with Gasteiger partial charge in [0.05, 0.1) is 24.9 Å². The first-order chi connectivity index (χ1) is 14.1. The van der Waals surface area contributed by atoms with Gasteiger partial charge in [-0.2, -0.15) is 0 Å². The number of likely N-dealkylation sites (tertiary alicyclic amines) is 1. The molecule has 2 saturated heterocycles. The minimum Gasteiger partial charge on any atom is -0.508 e. The minimum absolute atomic E-state index is 0.0122. The van der Waals surface area contributed by atoms with Gasteiger partial charge in [0, 0.05) is 16.5 Å². The van der Waals surface area contributed by atoms with E-state index in [1.807, 2.05) is 53.4 Å². The second-order valence-electron chi connectivity index (χ2n) is 7.43. The summed E-state index contributed by atoms with van der Waals surface area (Å²) in [5.74, 6) is 0.776. The van der Waals surface area contributed by atoms with E-state index >= 15 is 0 Å². The number of hydrazine groups is 1. The van der Waals surface area contributed by atoms with E-state index < -0.39 is 6.04 Å². The molecule has 4 atom stereocenters. The largest absolute Gasteiger partial charge is 0.508 e. The number of phenols is 1. The predicted molar refractivity (Wildman–Crippen MR) is 108 cm³/mol. The molecule has 2 aliphatic heterocycles. The fraction of sp³-hybridized carbons (Fsp3) is 0.227. The summed E-state index contributed by atoms with van der Waals surface area (Å²) in [4.78, 5) is 15.2. The molecule has 1 aromatic heterocycles. The fourth-order valence-corrected chi connectivity index (χ4v) is 4.75. The Bertz CT molecular complexity index is 1040. The summed E-state index contributed by atoms with van der Waals surface area (Å²) in [6.45, 7) is 0.366. The highest BCUT2D eigenvalue weighted by atomic mass is 35.5. The SMILES string of the molecule is O=C1C2NNC(c3ccccc3O)C2C(c2cccc(Cl)c2)N1Cc1ccco1. The van der Waals surface area contributed by atoms with Crippen LogP contribution in [0.2, 0.25) is 5.02 Å². The van der Waals surface area contributed by atoms with Crippen LogP contribution in [-0.2, 0) is 11.3 Å². The van der Waals surface area contributed by atoms with Crippen molar-refractivity contribution in [2.45, 2.75) is 24.7 Å². The normalized spacial score (nSPS) is 26.1. The summed E-state index contributed by atoms with van der Waals surface area (Å²) in [5.41, 5.74) is 8.09. The lowest BCUT2D eigenvalue weighted by Gasteiger charge is -2.31. The number of fused-ring (bicyclic) bond motifs is 1. The van der Waals surface area contributed by atoms with Gasteiger partial charge in [-0.15, -0.1) is 0 Å². The van der Waals surface area contributed by atoms with Crippen molar-refractivity contribution in [1.82, 2.24) is 15.8 Å². The first-order valence-corrected chi connectivity index (χ1v) is 9.88. The van der Waals surface area contributed by atoms with E-state index in [1.54, 1.807) is 18.4 Å². The summed E-state index contributed by atoms with van der Waals surface area (Å²) >= 11 is 6.28. The van der Waals surface area contributed by atoms with Gasteiger partial charge in [0.1, 0.15) is 17.6 Å². The molecule has 0 aliphatic carbocycles. The fourth-order valence-electron chi connectivity index (χ4n) is 4.55. The van der Waals surface area contributed by atoms with Gasteiger partial charge in [-0.1, -0.05) is 41.9 Å². The lowest BCUT2D eigenvalue weighted by atomic mass is 9.83. The number of nitrogens with one attached hydrogen (secondary N) is 2. The molecular weight excluding hydrogens is 390 g/mol. The molecule has 2 fully saturated rings. The number of hydrogen-bond acceptors (Lipinski definition) is 5. The maximum Gasteiger partial charge on any atom is 0.242 e. The van der Waals surface area contributed by atoms with Crippen LogP contribution in [0.1, 0.15) is 29.0 Å². The Morgan fingerprint density at radius 1 is 1.03 bits per heavy atom. The molecule has 0 bridgehead atoms. The van der Waals surface area contributed by atoms with E-state index in [-0.39, 0.29) is 29.7 Å². The topological polar surface area (TPSA) is 77.7 Å². The second kappa shape index (κ2) is 7.22. The number of aromatic hydroxyl groups is 1. The molecule has 0 radical (unpaired) electrons. The first-order valence-electron chi connectivity index (χ1n) is 9.51. The van der Waals surface area contributed by atoms with Gasteiger partial charge in [0.25, 0.3) is 0 Å². The summed E-state index contributed by atoms with van der Waals surface area (Å²) in [5, 5.41) is 11.0. The number of amides is 1. The van der Waals surface area contributed by atoms with E-state index in [4.69, 9.17) is 16.0 Å². The van der Waals surface area contributed by atoms with Gasteiger partial charge in [0.2, 0.25) is 5.91 Å². The predicted octanol–water partition coefficient (Wildman–Crippen LogP) is 3.56. The Balaban J connectivity index is 1.59. The van der Waals surface area contributed by atoms with Crippen LogP contribution in [-0.4, -0.2) is 22.0 Å². The van der Waals surface area contributed by atoms with E-state index in [2.05, 4.69) is 10.9 Å². The molecule has 29 heavy (non-hydrogen) atoms. The molecule has 7 heteroatoms. The monoisotopic (exact) mass is 409 g/mol. The van der Waals surface area contributed by atoms with Gasteiger partial charge < -0.3 is 14.4 Å². The van der Waals surface area contributed by atoms with Crippen molar-refractivity contribution in [3.05, 3.63) is 88.8 Å². The average molecular weight is 410 g/mol. The Kier molecular flexibility index (Phi) is 4.54. The molecular formula is C22H20ClN3O3. The smallest absolute Gasteiger partial charge is 0.242 e. The third-order valence-electron chi connectivity index (χ3n) is 5.78. The number of benzene rings is 2. The maximum atomic E-state index is 13.3. The summed E-state index contributed by atoms with van der Waals surface area (Å²) in [6.07, 6.45) is 1.61. The Morgan fingerprint density at radius 2 is 1.86 bits per heavy atom. The van der Waals surface area contributed by atoms with Crippen LogP contribution >= 0.6 is 11.6 Å². The lowest BCUT2D eigenvalue weighted by Crippen LogP contribution is -2.41. The van der Waals surface area contributed by atoms with Crippen molar-refractivity contribution in [3.63, 3.8) is 0 Å². The zero-order valence-electron chi connectivity index (χ0n) is 15.5. The zero-order chi connectivity index (χ0) is 20.0. The van der Waals surface area contributed by atoms with Crippen LogP contribution < -0.4 is 10.9 Å². The number of para-hydroxylation sites is 1. The molecule has 6 nitrogen and oxygen atoms in total. The Morgan fingerprint density at radius 3 is 2.62 bits per heavy atom. The van der Waals surface area contributed by atoms with Gasteiger partial charge in [0.15, 0.2) is 0 Å². The number of nitrogens with zero attached hydrogens (tertiary/aromatic N) is 1. The number of halogens is 1. The molecule has 0 spiro atoms. The summed E-state index contributed by atoms with van der Waals surface area (Å²) < 4.78 is 5.51.